The predicted molar refractivity (Wildman–Crippen MR) is 140 cm³/mol. The standard InChI is InChI=1S/C27H32ClFN6O3/c1-26(2,25(30)37)20-10-21(35(4)33-20)27(38)11-15-7-14(8-16(15)12-27)22-23(34(3)13-31-22)24(36)32-17-5-6-19(29)18(28)9-17/h5-6,9-10,13-16,38H,7-8,11-12H2,1-4H3,(H2,30,37)(H,32,36). The zero-order valence-corrected chi connectivity index (χ0v) is 22.6. The Labute approximate surface area is 225 Å². The van der Waals surface area contributed by atoms with Gasteiger partial charge in [-0.25, -0.2) is 9.37 Å². The number of anilines is 1. The molecule has 0 aliphatic heterocycles. The fourth-order valence-corrected chi connectivity index (χ4v) is 6.40. The van der Waals surface area contributed by atoms with Crippen LogP contribution in [0.2, 0.25) is 5.02 Å². The summed E-state index contributed by atoms with van der Waals surface area (Å²) in [5.41, 5.74) is 6.38. The molecule has 11 heteroatoms. The zero-order chi connectivity index (χ0) is 27.6. The summed E-state index contributed by atoms with van der Waals surface area (Å²) in [6, 6.07) is 5.85. The van der Waals surface area contributed by atoms with Gasteiger partial charge >= 0.3 is 0 Å². The fourth-order valence-electron chi connectivity index (χ4n) is 6.22. The van der Waals surface area contributed by atoms with Crippen LogP contribution in [0.25, 0.3) is 0 Å². The molecule has 2 fully saturated rings. The third-order valence-corrected chi connectivity index (χ3v) is 8.69. The number of aryl methyl sites for hydroxylation is 2. The topological polar surface area (TPSA) is 128 Å². The Morgan fingerprint density at radius 2 is 1.87 bits per heavy atom. The van der Waals surface area contributed by atoms with Gasteiger partial charge in [0.05, 0.1) is 33.8 Å². The van der Waals surface area contributed by atoms with Crippen LogP contribution in [0.5, 0.6) is 0 Å². The lowest BCUT2D eigenvalue weighted by atomic mass is 9.86. The van der Waals surface area contributed by atoms with Crippen LogP contribution >= 0.6 is 11.6 Å². The van der Waals surface area contributed by atoms with Crippen LogP contribution < -0.4 is 11.1 Å². The van der Waals surface area contributed by atoms with Gasteiger partial charge < -0.3 is 20.7 Å². The fraction of sp³-hybridized carbons (Fsp3) is 0.481. The molecule has 38 heavy (non-hydrogen) atoms. The van der Waals surface area contributed by atoms with Crippen LogP contribution in [0.3, 0.4) is 0 Å². The Morgan fingerprint density at radius 3 is 2.47 bits per heavy atom. The van der Waals surface area contributed by atoms with E-state index in [0.717, 1.165) is 18.5 Å². The van der Waals surface area contributed by atoms with E-state index in [4.69, 9.17) is 17.3 Å². The van der Waals surface area contributed by atoms with E-state index in [9.17, 15) is 19.1 Å². The summed E-state index contributed by atoms with van der Waals surface area (Å²) in [6.45, 7) is 3.45. The molecule has 0 radical (unpaired) electrons. The third-order valence-electron chi connectivity index (χ3n) is 8.40. The normalized spacial score (nSPS) is 25.0. The van der Waals surface area contributed by atoms with Crippen molar-refractivity contribution in [1.29, 1.82) is 0 Å². The molecule has 2 unspecified atom stereocenters. The first-order valence-corrected chi connectivity index (χ1v) is 13.0. The number of carbonyl (C=O) groups is 2. The van der Waals surface area contributed by atoms with Crippen molar-refractivity contribution in [2.24, 2.45) is 31.7 Å². The first-order valence-electron chi connectivity index (χ1n) is 12.6. The van der Waals surface area contributed by atoms with Crippen LogP contribution in [-0.4, -0.2) is 36.3 Å². The van der Waals surface area contributed by atoms with Crippen molar-refractivity contribution in [2.45, 2.75) is 56.5 Å². The van der Waals surface area contributed by atoms with E-state index >= 15 is 0 Å². The summed E-state index contributed by atoms with van der Waals surface area (Å²) in [5, 5.41) is 18.9. The van der Waals surface area contributed by atoms with Crippen LogP contribution in [0.1, 0.15) is 73.0 Å². The van der Waals surface area contributed by atoms with Crippen molar-refractivity contribution < 1.29 is 19.1 Å². The van der Waals surface area contributed by atoms with Gasteiger partial charge in [0.15, 0.2) is 0 Å². The molecule has 3 aromatic rings. The van der Waals surface area contributed by atoms with E-state index in [-0.39, 0.29) is 28.7 Å². The minimum atomic E-state index is -1.06. The number of nitrogens with one attached hydrogen (secondary N) is 1. The average Bonchev–Trinajstić information content (AvgIpc) is 3.58. The van der Waals surface area contributed by atoms with Crippen LogP contribution in [0.15, 0.2) is 30.6 Å². The van der Waals surface area contributed by atoms with Gasteiger partial charge in [-0.1, -0.05) is 11.6 Å². The number of aliphatic hydroxyl groups is 1. The van der Waals surface area contributed by atoms with Gasteiger partial charge in [0.25, 0.3) is 5.91 Å². The SMILES string of the molecule is Cn1cnc(C2CC3CC(O)(c4cc(C(C)(C)C(N)=O)nn4C)CC3C2)c1C(=O)Nc1ccc(F)c(Cl)c1. The van der Waals surface area contributed by atoms with Gasteiger partial charge in [0.2, 0.25) is 5.91 Å². The average molecular weight is 543 g/mol. The molecule has 2 aromatic heterocycles. The number of rotatable bonds is 6. The number of hydrogen-bond donors (Lipinski definition) is 3. The van der Waals surface area contributed by atoms with Gasteiger partial charge in [-0.2, -0.15) is 5.10 Å². The van der Waals surface area contributed by atoms with Crippen molar-refractivity contribution in [3.63, 3.8) is 0 Å². The second kappa shape index (κ2) is 9.20. The number of benzene rings is 1. The molecule has 2 aliphatic carbocycles. The number of imidazole rings is 1. The van der Waals surface area contributed by atoms with Crippen LogP contribution in [0.4, 0.5) is 10.1 Å². The molecular weight excluding hydrogens is 511 g/mol. The maximum atomic E-state index is 13.5. The van der Waals surface area contributed by atoms with Crippen LogP contribution in [0, 0.1) is 17.7 Å². The first kappa shape index (κ1) is 26.4. The van der Waals surface area contributed by atoms with Crippen molar-refractivity contribution >= 4 is 29.1 Å². The number of amides is 2. The van der Waals surface area contributed by atoms with Crippen molar-refractivity contribution in [1.82, 2.24) is 19.3 Å². The molecule has 0 spiro atoms. The first-order chi connectivity index (χ1) is 17.8. The monoisotopic (exact) mass is 542 g/mol. The Hall–Kier alpha value is -3.24. The Kier molecular flexibility index (Phi) is 6.38. The molecule has 2 saturated carbocycles. The molecule has 2 heterocycles. The van der Waals surface area contributed by atoms with E-state index in [1.54, 1.807) is 49.6 Å². The highest BCUT2D eigenvalue weighted by Crippen LogP contribution is 2.57. The lowest BCUT2D eigenvalue weighted by molar-refractivity contribution is -0.122. The quantitative estimate of drug-likeness (QED) is 0.437. The van der Waals surface area contributed by atoms with E-state index < -0.39 is 22.7 Å². The number of nitrogens with two attached hydrogens (primary N) is 1. The number of nitrogens with zero attached hydrogens (tertiary/aromatic N) is 4. The molecule has 0 saturated heterocycles. The second-order valence-corrected chi connectivity index (χ2v) is 11.7. The molecule has 4 N–H and O–H groups in total. The molecule has 0 bridgehead atoms. The second-order valence-electron chi connectivity index (χ2n) is 11.3. The highest BCUT2D eigenvalue weighted by atomic mass is 35.5. The number of fused-ring (bicyclic) bond motifs is 1. The molecule has 2 aliphatic rings. The highest BCUT2D eigenvalue weighted by molar-refractivity contribution is 6.31. The Bertz CT molecular complexity index is 1420. The Morgan fingerprint density at radius 1 is 1.21 bits per heavy atom. The van der Waals surface area contributed by atoms with E-state index in [1.165, 1.54) is 18.2 Å². The maximum absolute atomic E-state index is 13.5. The van der Waals surface area contributed by atoms with Crippen molar-refractivity contribution in [3.8, 4) is 0 Å². The number of hydrogen-bond acceptors (Lipinski definition) is 5. The minimum absolute atomic E-state index is 0.0668. The molecule has 9 nitrogen and oxygen atoms in total. The minimum Gasteiger partial charge on any atom is -0.384 e. The van der Waals surface area contributed by atoms with Gasteiger partial charge in [-0.15, -0.1) is 0 Å². The van der Waals surface area contributed by atoms with E-state index in [1.807, 2.05) is 0 Å². The molecule has 1 aromatic carbocycles. The zero-order valence-electron chi connectivity index (χ0n) is 21.8. The largest absolute Gasteiger partial charge is 0.384 e. The summed E-state index contributed by atoms with van der Waals surface area (Å²) < 4.78 is 16.9. The highest BCUT2D eigenvalue weighted by Gasteiger charge is 2.52. The number of primary amides is 1. The molecule has 202 valence electrons. The summed E-state index contributed by atoms with van der Waals surface area (Å²) in [4.78, 5) is 29.7. The molecule has 5 rings (SSSR count). The number of halogens is 2. The maximum Gasteiger partial charge on any atom is 0.274 e. The van der Waals surface area contributed by atoms with E-state index in [0.29, 0.717) is 35.6 Å². The van der Waals surface area contributed by atoms with Gasteiger partial charge in [0.1, 0.15) is 17.1 Å². The summed E-state index contributed by atoms with van der Waals surface area (Å²) in [5.74, 6) is -0.789. The van der Waals surface area contributed by atoms with Gasteiger partial charge in [0, 0.05) is 25.7 Å². The van der Waals surface area contributed by atoms with E-state index in [2.05, 4.69) is 15.4 Å². The molecule has 2 atom stereocenters. The Balaban J connectivity index is 1.32. The third kappa shape index (κ3) is 4.39. The smallest absolute Gasteiger partial charge is 0.274 e. The predicted octanol–water partition coefficient (Wildman–Crippen LogP) is 3.75. The van der Waals surface area contributed by atoms with Gasteiger partial charge in [-0.3, -0.25) is 14.3 Å². The lowest BCUT2D eigenvalue weighted by Gasteiger charge is -2.25. The molecular formula is C27H32ClFN6O3. The summed E-state index contributed by atoms with van der Waals surface area (Å²) in [7, 11) is 3.54. The van der Waals surface area contributed by atoms with Crippen molar-refractivity contribution in [3.05, 3.63) is 64.2 Å². The summed E-state index contributed by atoms with van der Waals surface area (Å²) >= 11 is 5.87. The van der Waals surface area contributed by atoms with Gasteiger partial charge in [-0.05, 0) is 75.6 Å². The van der Waals surface area contributed by atoms with Crippen LogP contribution in [-0.2, 0) is 29.9 Å². The molecule has 2 amide bonds. The van der Waals surface area contributed by atoms with Crippen molar-refractivity contribution in [2.75, 3.05) is 5.32 Å². The number of aromatic nitrogens is 4. The summed E-state index contributed by atoms with van der Waals surface area (Å²) in [6.07, 6.45) is 4.34. The lowest BCUT2D eigenvalue weighted by Crippen LogP contribution is -2.36. The number of carbonyl (C=O) groups excluding carboxylic acids is 2.